The maximum absolute atomic E-state index is 13.1. The number of aliphatic carboxylic acids is 1. The molecule has 0 saturated heterocycles. The average molecular weight is 561 g/mol. The molecule has 0 fully saturated rings. The highest BCUT2D eigenvalue weighted by atomic mass is 32.2. The Morgan fingerprint density at radius 3 is 2.18 bits per heavy atom. The van der Waals surface area contributed by atoms with Gasteiger partial charge in [-0.25, -0.2) is 8.42 Å². The average Bonchev–Trinajstić information content (AvgIpc) is 2.86. The number of hydrogen-bond acceptors (Lipinski definition) is 8. The molecule has 2 rings (SSSR count). The van der Waals surface area contributed by atoms with Crippen molar-refractivity contribution in [2.75, 3.05) is 19.0 Å². The van der Waals surface area contributed by atoms with E-state index in [2.05, 4.69) is 0 Å². The monoisotopic (exact) mass is 560 g/mol. The van der Waals surface area contributed by atoms with Gasteiger partial charge in [-0.2, -0.15) is 0 Å². The van der Waals surface area contributed by atoms with Crippen LogP contribution in [0.1, 0.15) is 85.2 Å². The summed E-state index contributed by atoms with van der Waals surface area (Å²) in [6, 6.07) is 5.88. The lowest BCUT2D eigenvalue weighted by atomic mass is 10.0. The SMILES string of the molecule is C/C=C/c1c(S(=O)(=O)CCCOc2ccc(C(C)=O)c(OCCCC(=O)O)c2CCC)ccc(C(C)=O)c1O. The first-order valence-electron chi connectivity index (χ1n) is 12.8. The molecule has 0 aliphatic heterocycles. The Balaban J connectivity index is 2.23. The van der Waals surface area contributed by atoms with Crippen LogP contribution < -0.4 is 9.47 Å². The van der Waals surface area contributed by atoms with Gasteiger partial charge in [0.25, 0.3) is 0 Å². The van der Waals surface area contributed by atoms with Crippen LogP contribution in [0, 0.1) is 0 Å². The molecule has 0 aromatic heterocycles. The number of carboxylic acids is 1. The maximum Gasteiger partial charge on any atom is 0.303 e. The Hall–Kier alpha value is -3.66. The zero-order chi connectivity index (χ0) is 29.2. The number of benzene rings is 2. The molecule has 212 valence electrons. The molecule has 0 atom stereocenters. The number of carbonyl (C=O) groups excluding carboxylic acids is 2. The van der Waals surface area contributed by atoms with Crippen LogP contribution in [0.25, 0.3) is 6.08 Å². The molecule has 0 aliphatic rings. The van der Waals surface area contributed by atoms with Crippen LogP contribution in [0.4, 0.5) is 0 Å². The highest BCUT2D eigenvalue weighted by Gasteiger charge is 2.23. The molecule has 2 N–H and O–H groups in total. The van der Waals surface area contributed by atoms with Gasteiger partial charge < -0.3 is 19.7 Å². The van der Waals surface area contributed by atoms with E-state index in [-0.39, 0.29) is 71.6 Å². The fourth-order valence-electron chi connectivity index (χ4n) is 4.09. The quantitative estimate of drug-likeness (QED) is 0.207. The molecule has 2 aromatic rings. The van der Waals surface area contributed by atoms with Gasteiger partial charge in [0.1, 0.15) is 17.2 Å². The maximum atomic E-state index is 13.1. The molecule has 0 radical (unpaired) electrons. The van der Waals surface area contributed by atoms with Crippen LogP contribution in [-0.2, 0) is 21.1 Å². The third-order valence-corrected chi connectivity index (χ3v) is 7.77. The number of rotatable bonds is 16. The van der Waals surface area contributed by atoms with Gasteiger partial charge in [0.15, 0.2) is 21.4 Å². The number of phenols is 1. The molecule has 0 bridgehead atoms. The minimum atomic E-state index is -3.82. The van der Waals surface area contributed by atoms with Gasteiger partial charge in [-0.1, -0.05) is 25.5 Å². The first-order chi connectivity index (χ1) is 18.4. The molecule has 39 heavy (non-hydrogen) atoms. The molecule has 0 heterocycles. The van der Waals surface area contributed by atoms with Gasteiger partial charge in [0, 0.05) is 17.5 Å². The van der Waals surface area contributed by atoms with Crippen molar-refractivity contribution in [2.24, 2.45) is 0 Å². The van der Waals surface area contributed by atoms with Gasteiger partial charge in [0.05, 0.1) is 35.0 Å². The summed E-state index contributed by atoms with van der Waals surface area (Å²) >= 11 is 0. The van der Waals surface area contributed by atoms with Crippen molar-refractivity contribution in [3.63, 3.8) is 0 Å². The number of phenolic OH excluding ortho intramolecular Hbond substituents is 1. The van der Waals surface area contributed by atoms with Gasteiger partial charge in [-0.15, -0.1) is 0 Å². The number of sulfone groups is 1. The van der Waals surface area contributed by atoms with Crippen LogP contribution in [-0.4, -0.2) is 55.1 Å². The van der Waals surface area contributed by atoms with Crippen molar-refractivity contribution >= 4 is 33.4 Å². The second kappa shape index (κ2) is 14.5. The van der Waals surface area contributed by atoms with Crippen molar-refractivity contribution in [2.45, 2.75) is 64.7 Å². The number of carboxylic acid groups (broad SMARTS) is 1. The molecular formula is C29H36O9S. The third kappa shape index (κ3) is 8.41. The van der Waals surface area contributed by atoms with Gasteiger partial charge in [0.2, 0.25) is 0 Å². The van der Waals surface area contributed by atoms with Crippen LogP contribution in [0.3, 0.4) is 0 Å². The molecule has 0 saturated carbocycles. The van der Waals surface area contributed by atoms with E-state index in [0.29, 0.717) is 29.0 Å². The lowest BCUT2D eigenvalue weighted by Crippen LogP contribution is -2.13. The summed E-state index contributed by atoms with van der Waals surface area (Å²) in [5.74, 6) is -1.32. The molecule has 2 aromatic carbocycles. The Morgan fingerprint density at radius 1 is 0.949 bits per heavy atom. The molecule has 10 heteroatoms. The van der Waals surface area contributed by atoms with E-state index in [1.165, 1.54) is 32.1 Å². The molecule has 9 nitrogen and oxygen atoms in total. The Kier molecular flexibility index (Phi) is 11.7. The molecule has 0 unspecified atom stereocenters. The molecule has 0 spiro atoms. The molecule has 0 amide bonds. The van der Waals surface area contributed by atoms with Crippen LogP contribution in [0.15, 0.2) is 35.2 Å². The summed E-state index contributed by atoms with van der Waals surface area (Å²) in [6.45, 7) is 6.53. The summed E-state index contributed by atoms with van der Waals surface area (Å²) in [5, 5.41) is 19.4. The second-order valence-corrected chi connectivity index (χ2v) is 11.1. The predicted molar refractivity (Wildman–Crippen MR) is 148 cm³/mol. The minimum Gasteiger partial charge on any atom is -0.507 e. The number of carbonyl (C=O) groups is 3. The van der Waals surface area contributed by atoms with Crippen molar-refractivity contribution in [1.82, 2.24) is 0 Å². The Morgan fingerprint density at radius 2 is 1.59 bits per heavy atom. The van der Waals surface area contributed by atoms with Crippen LogP contribution in [0.2, 0.25) is 0 Å². The van der Waals surface area contributed by atoms with E-state index in [0.717, 1.165) is 6.42 Å². The number of ether oxygens (including phenoxy) is 2. The molecule has 0 aliphatic carbocycles. The zero-order valence-corrected chi connectivity index (χ0v) is 23.6. The normalized spacial score (nSPS) is 11.5. The highest BCUT2D eigenvalue weighted by Crippen LogP contribution is 2.35. The number of allylic oxidation sites excluding steroid dienone is 1. The van der Waals surface area contributed by atoms with Crippen LogP contribution >= 0.6 is 0 Å². The van der Waals surface area contributed by atoms with Gasteiger partial charge in [-0.05, 0) is 64.3 Å². The Bertz CT molecular complexity index is 1340. The largest absolute Gasteiger partial charge is 0.507 e. The van der Waals surface area contributed by atoms with E-state index in [1.807, 2.05) is 6.92 Å². The zero-order valence-electron chi connectivity index (χ0n) is 22.8. The second-order valence-electron chi connectivity index (χ2n) is 9.02. The van der Waals surface area contributed by atoms with Crippen molar-refractivity contribution in [1.29, 1.82) is 0 Å². The van der Waals surface area contributed by atoms with Gasteiger partial charge >= 0.3 is 5.97 Å². The van der Waals surface area contributed by atoms with E-state index < -0.39 is 15.8 Å². The minimum absolute atomic E-state index is 0.0452. The standard InChI is InChI=1S/C29H36O9S/c1-5-9-23-25(14-12-22(20(4)31)29(23)38-16-7-11-27(32)33)37-17-8-18-39(35,36)26-15-13-21(19(3)30)28(34)24(26)10-6-2/h6,10,12-15,34H,5,7-9,11,16-18H2,1-4H3,(H,32,33)/b10-6+. The third-order valence-electron chi connectivity index (χ3n) is 5.92. The summed E-state index contributed by atoms with van der Waals surface area (Å²) in [4.78, 5) is 34.8. The summed E-state index contributed by atoms with van der Waals surface area (Å²) < 4.78 is 38.0. The van der Waals surface area contributed by atoms with E-state index in [4.69, 9.17) is 14.6 Å². The summed E-state index contributed by atoms with van der Waals surface area (Å²) in [6.07, 6.45) is 4.66. The topological polar surface area (TPSA) is 144 Å². The van der Waals surface area contributed by atoms with Crippen molar-refractivity contribution < 1.29 is 42.5 Å². The number of Topliss-reactive ketones (excluding diaryl/α,β-unsaturated/α-hetero) is 2. The lowest BCUT2D eigenvalue weighted by Gasteiger charge is -2.19. The van der Waals surface area contributed by atoms with E-state index in [9.17, 15) is 27.9 Å². The van der Waals surface area contributed by atoms with Crippen molar-refractivity contribution in [3.05, 3.63) is 52.6 Å². The predicted octanol–water partition coefficient (Wildman–Crippen LogP) is 5.27. The number of ketones is 2. The van der Waals surface area contributed by atoms with Gasteiger partial charge in [-0.3, -0.25) is 14.4 Å². The van der Waals surface area contributed by atoms with E-state index in [1.54, 1.807) is 25.1 Å². The summed E-state index contributed by atoms with van der Waals surface area (Å²) in [5.41, 5.74) is 1.15. The first-order valence-corrected chi connectivity index (χ1v) is 14.5. The highest BCUT2D eigenvalue weighted by molar-refractivity contribution is 7.91. The fourth-order valence-corrected chi connectivity index (χ4v) is 5.58. The number of aromatic hydroxyl groups is 1. The Labute approximate surface area is 229 Å². The van der Waals surface area contributed by atoms with E-state index >= 15 is 0 Å². The fraction of sp³-hybridized carbons (Fsp3) is 0.414. The summed E-state index contributed by atoms with van der Waals surface area (Å²) in [7, 11) is -3.82. The smallest absolute Gasteiger partial charge is 0.303 e. The molecular weight excluding hydrogens is 524 g/mol. The number of hydrogen-bond donors (Lipinski definition) is 2. The first kappa shape index (κ1) is 31.6. The van der Waals surface area contributed by atoms with Crippen LogP contribution in [0.5, 0.6) is 17.2 Å². The lowest BCUT2D eigenvalue weighted by molar-refractivity contribution is -0.137. The van der Waals surface area contributed by atoms with Crippen molar-refractivity contribution in [3.8, 4) is 17.2 Å².